The number of ether oxygens (including phenoxy) is 1. The van der Waals surface area contributed by atoms with Crippen molar-refractivity contribution in [1.82, 2.24) is 5.32 Å². The van der Waals surface area contributed by atoms with Crippen LogP contribution in [0.2, 0.25) is 0 Å². The number of amides is 1. The lowest BCUT2D eigenvalue weighted by Crippen LogP contribution is -2.33. The average Bonchev–Trinajstić information content (AvgIpc) is 2.42. The predicted molar refractivity (Wildman–Crippen MR) is 73.7 cm³/mol. The number of nitrogens with one attached hydrogen (secondary N) is 1. The summed E-state index contributed by atoms with van der Waals surface area (Å²) in [4.78, 5) is 11.5. The molecule has 4 nitrogen and oxygen atoms in total. The minimum atomic E-state index is -0.384. The Morgan fingerprint density at radius 1 is 1.47 bits per heavy atom. The molecule has 0 aliphatic heterocycles. The van der Waals surface area contributed by atoms with Gasteiger partial charge in [0.15, 0.2) is 0 Å². The van der Waals surface area contributed by atoms with Crippen LogP contribution >= 0.6 is 0 Å². The molecule has 19 heavy (non-hydrogen) atoms. The zero-order chi connectivity index (χ0) is 14.1. The molecule has 0 aliphatic carbocycles. The van der Waals surface area contributed by atoms with E-state index in [1.54, 1.807) is 0 Å². The molecular weight excluding hydrogens is 240 g/mol. The van der Waals surface area contributed by atoms with Crippen molar-refractivity contribution in [2.45, 2.75) is 39.2 Å². The quantitative estimate of drug-likeness (QED) is 0.766. The Morgan fingerprint density at radius 2 is 2.21 bits per heavy atom. The Hall–Kier alpha value is -2.02. The van der Waals surface area contributed by atoms with Gasteiger partial charge < -0.3 is 10.1 Å². The number of para-hydroxylation sites is 1. The molecule has 1 aromatic rings. The molecule has 1 N–H and O–H groups in total. The Morgan fingerprint density at radius 3 is 2.84 bits per heavy atom. The third-order valence-corrected chi connectivity index (χ3v) is 2.80. The van der Waals surface area contributed by atoms with E-state index in [0.29, 0.717) is 25.9 Å². The van der Waals surface area contributed by atoms with Gasteiger partial charge in [0.2, 0.25) is 5.91 Å². The molecule has 0 spiro atoms. The molecule has 102 valence electrons. The molecule has 0 bridgehead atoms. The normalized spacial score (nSPS) is 11.4. The van der Waals surface area contributed by atoms with Gasteiger partial charge in [0.1, 0.15) is 11.8 Å². The van der Waals surface area contributed by atoms with Crippen LogP contribution < -0.4 is 10.1 Å². The van der Waals surface area contributed by atoms with E-state index in [1.165, 1.54) is 0 Å². The van der Waals surface area contributed by atoms with Crippen molar-refractivity contribution in [3.63, 3.8) is 0 Å². The summed E-state index contributed by atoms with van der Waals surface area (Å²) in [5.41, 5.74) is 1.09. The van der Waals surface area contributed by atoms with E-state index >= 15 is 0 Å². The highest BCUT2D eigenvalue weighted by atomic mass is 16.5. The van der Waals surface area contributed by atoms with Crippen LogP contribution in [0, 0.1) is 18.3 Å². The summed E-state index contributed by atoms with van der Waals surface area (Å²) in [6, 6.07) is 9.45. The average molecular weight is 260 g/mol. The Kier molecular flexibility index (Phi) is 6.45. The van der Waals surface area contributed by atoms with Gasteiger partial charge in [-0.1, -0.05) is 25.1 Å². The summed E-state index contributed by atoms with van der Waals surface area (Å²) >= 11 is 0. The molecule has 4 heteroatoms. The van der Waals surface area contributed by atoms with Crippen LogP contribution in [-0.4, -0.2) is 18.6 Å². The first kappa shape index (κ1) is 15.0. The Labute approximate surface area is 114 Å². The van der Waals surface area contributed by atoms with Gasteiger partial charge in [-0.25, -0.2) is 0 Å². The maximum Gasteiger partial charge on any atom is 0.221 e. The van der Waals surface area contributed by atoms with Crippen LogP contribution in [-0.2, 0) is 4.79 Å². The summed E-state index contributed by atoms with van der Waals surface area (Å²) < 4.78 is 5.60. The van der Waals surface area contributed by atoms with E-state index in [2.05, 4.69) is 5.32 Å². The molecule has 0 aliphatic rings. The van der Waals surface area contributed by atoms with Crippen molar-refractivity contribution >= 4 is 5.91 Å². The second-order valence-electron chi connectivity index (χ2n) is 4.37. The van der Waals surface area contributed by atoms with Crippen molar-refractivity contribution in [3.8, 4) is 11.8 Å². The molecule has 1 amide bonds. The number of benzene rings is 1. The highest BCUT2D eigenvalue weighted by Gasteiger charge is 2.08. The molecule has 0 saturated carbocycles. The van der Waals surface area contributed by atoms with Crippen molar-refractivity contribution in [2.75, 3.05) is 6.61 Å². The van der Waals surface area contributed by atoms with Gasteiger partial charge in [0.05, 0.1) is 12.7 Å². The monoisotopic (exact) mass is 260 g/mol. The van der Waals surface area contributed by atoms with Gasteiger partial charge in [0, 0.05) is 6.42 Å². The number of nitrogens with zero attached hydrogens (tertiary/aromatic N) is 1. The smallest absolute Gasteiger partial charge is 0.221 e. The lowest BCUT2D eigenvalue weighted by Gasteiger charge is -2.10. The first-order valence-corrected chi connectivity index (χ1v) is 6.54. The lowest BCUT2D eigenvalue weighted by atomic mass is 10.2. The molecule has 1 rings (SSSR count). The topological polar surface area (TPSA) is 62.1 Å². The maximum atomic E-state index is 11.5. The van der Waals surface area contributed by atoms with Gasteiger partial charge >= 0.3 is 0 Å². The van der Waals surface area contributed by atoms with E-state index in [1.807, 2.05) is 44.2 Å². The fourth-order valence-electron chi connectivity index (χ4n) is 1.63. The predicted octanol–water partition coefficient (Wildman–Crippen LogP) is 2.57. The molecular formula is C15H20N2O2. The van der Waals surface area contributed by atoms with Crippen LogP contribution in [0.1, 0.15) is 31.7 Å². The van der Waals surface area contributed by atoms with Crippen LogP contribution in [0.3, 0.4) is 0 Å². The molecule has 1 aromatic carbocycles. The minimum absolute atomic E-state index is 0.0956. The van der Waals surface area contributed by atoms with Crippen LogP contribution in [0.15, 0.2) is 24.3 Å². The van der Waals surface area contributed by atoms with E-state index in [0.717, 1.165) is 11.3 Å². The first-order valence-electron chi connectivity index (χ1n) is 6.54. The van der Waals surface area contributed by atoms with E-state index in [4.69, 9.17) is 10.00 Å². The van der Waals surface area contributed by atoms with Gasteiger partial charge in [0.25, 0.3) is 0 Å². The minimum Gasteiger partial charge on any atom is -0.493 e. The van der Waals surface area contributed by atoms with Gasteiger partial charge in [-0.3, -0.25) is 4.79 Å². The summed E-state index contributed by atoms with van der Waals surface area (Å²) in [6.45, 7) is 4.36. The number of rotatable bonds is 7. The van der Waals surface area contributed by atoms with Crippen LogP contribution in [0.5, 0.6) is 5.75 Å². The number of hydrogen-bond donors (Lipinski definition) is 1. The number of nitriles is 1. The summed E-state index contributed by atoms with van der Waals surface area (Å²) in [6.07, 6.45) is 1.65. The van der Waals surface area contributed by atoms with Gasteiger partial charge in [-0.2, -0.15) is 5.26 Å². The summed E-state index contributed by atoms with van der Waals surface area (Å²) in [7, 11) is 0. The molecule has 0 radical (unpaired) electrons. The second-order valence-corrected chi connectivity index (χ2v) is 4.37. The third kappa shape index (κ3) is 5.43. The van der Waals surface area contributed by atoms with Gasteiger partial charge in [-0.05, 0) is 31.4 Å². The van der Waals surface area contributed by atoms with E-state index < -0.39 is 0 Å². The van der Waals surface area contributed by atoms with Gasteiger partial charge in [-0.15, -0.1) is 0 Å². The first-order chi connectivity index (χ1) is 9.17. The number of carbonyl (C=O) groups is 1. The Balaban J connectivity index is 2.23. The van der Waals surface area contributed by atoms with Crippen molar-refractivity contribution in [1.29, 1.82) is 5.26 Å². The molecule has 0 heterocycles. The largest absolute Gasteiger partial charge is 0.493 e. The molecule has 0 saturated heterocycles. The Bertz CT molecular complexity index is 452. The van der Waals surface area contributed by atoms with Crippen LogP contribution in [0.4, 0.5) is 0 Å². The fourth-order valence-corrected chi connectivity index (χ4v) is 1.63. The highest BCUT2D eigenvalue weighted by molar-refractivity contribution is 5.76. The molecule has 0 aromatic heterocycles. The molecule has 0 fully saturated rings. The summed E-state index contributed by atoms with van der Waals surface area (Å²) in [5.74, 6) is 0.758. The third-order valence-electron chi connectivity index (χ3n) is 2.80. The number of carbonyl (C=O) groups excluding carboxylic acids is 1. The zero-order valence-electron chi connectivity index (χ0n) is 11.5. The number of aryl methyl sites for hydroxylation is 1. The molecule has 1 atom stereocenters. The maximum absolute atomic E-state index is 11.5. The SMILES string of the molecule is CC[C@@H](C#N)NC(=O)CCCOc1ccccc1C. The highest BCUT2D eigenvalue weighted by Crippen LogP contribution is 2.16. The van der Waals surface area contributed by atoms with Crippen molar-refractivity contribution < 1.29 is 9.53 Å². The van der Waals surface area contributed by atoms with Crippen molar-refractivity contribution in [3.05, 3.63) is 29.8 Å². The van der Waals surface area contributed by atoms with Crippen molar-refractivity contribution in [2.24, 2.45) is 0 Å². The zero-order valence-corrected chi connectivity index (χ0v) is 11.5. The number of hydrogen-bond acceptors (Lipinski definition) is 3. The summed E-state index contributed by atoms with van der Waals surface area (Å²) in [5, 5.41) is 11.4. The molecule has 0 unspecified atom stereocenters. The van der Waals surface area contributed by atoms with Crippen LogP contribution in [0.25, 0.3) is 0 Å². The fraction of sp³-hybridized carbons (Fsp3) is 0.467. The standard InChI is InChI=1S/C15H20N2O2/c1-3-13(11-16)17-15(18)9-6-10-19-14-8-5-4-7-12(14)2/h4-5,7-8,13H,3,6,9-10H2,1-2H3,(H,17,18)/t13-/m0/s1. The van der Waals surface area contributed by atoms with E-state index in [-0.39, 0.29) is 11.9 Å². The second kappa shape index (κ2) is 8.15. The van der Waals surface area contributed by atoms with E-state index in [9.17, 15) is 4.79 Å². The lowest BCUT2D eigenvalue weighted by molar-refractivity contribution is -0.121.